The second-order valence-corrected chi connectivity index (χ2v) is 5.81. The molecular weight excluding hydrogens is 316 g/mol. The highest BCUT2D eigenvalue weighted by atomic mass is 16.5. The van der Waals surface area contributed by atoms with Crippen molar-refractivity contribution in [3.63, 3.8) is 0 Å². The number of benzene rings is 2. The van der Waals surface area contributed by atoms with Crippen LogP contribution in [0.5, 0.6) is 17.2 Å². The number of hydrogen-bond donors (Lipinski definition) is 0. The highest BCUT2D eigenvalue weighted by molar-refractivity contribution is 5.73. The number of rotatable bonds is 5. The van der Waals surface area contributed by atoms with Crippen molar-refractivity contribution < 1.29 is 18.6 Å². The van der Waals surface area contributed by atoms with Gasteiger partial charge in [0.15, 0.2) is 11.5 Å². The largest absolute Gasteiger partial charge is 0.497 e. The summed E-state index contributed by atoms with van der Waals surface area (Å²) in [6, 6.07) is 13.7. The fourth-order valence-electron chi connectivity index (χ4n) is 2.87. The molecule has 130 valence electrons. The van der Waals surface area contributed by atoms with Crippen LogP contribution in [0.4, 0.5) is 0 Å². The van der Waals surface area contributed by atoms with E-state index in [0.29, 0.717) is 11.5 Å². The van der Waals surface area contributed by atoms with Gasteiger partial charge in [0, 0.05) is 11.1 Å². The third-order valence-electron chi connectivity index (χ3n) is 4.45. The second-order valence-electron chi connectivity index (χ2n) is 5.81. The molecule has 0 unspecified atom stereocenters. The lowest BCUT2D eigenvalue weighted by Crippen LogP contribution is -1.90. The number of methoxy groups -OCH3 is 3. The molecule has 25 heavy (non-hydrogen) atoms. The van der Waals surface area contributed by atoms with E-state index in [2.05, 4.69) is 13.8 Å². The van der Waals surface area contributed by atoms with Gasteiger partial charge in [-0.1, -0.05) is 0 Å². The minimum atomic E-state index is 0.680. The molecule has 0 aliphatic rings. The quantitative estimate of drug-likeness (QED) is 0.636. The lowest BCUT2D eigenvalue weighted by Gasteiger charge is -2.09. The summed E-state index contributed by atoms with van der Waals surface area (Å²) in [5.41, 5.74) is 4.21. The SMILES string of the molecule is COc1ccc(-c2oc(-c3ccc(OC)c(OC)c3)c(C)c2C)cc1. The summed E-state index contributed by atoms with van der Waals surface area (Å²) in [6.07, 6.45) is 0. The van der Waals surface area contributed by atoms with Crippen molar-refractivity contribution in [2.24, 2.45) is 0 Å². The maximum absolute atomic E-state index is 6.23. The number of hydrogen-bond acceptors (Lipinski definition) is 4. The molecule has 2 aromatic carbocycles. The van der Waals surface area contributed by atoms with Gasteiger partial charge in [0.05, 0.1) is 21.3 Å². The van der Waals surface area contributed by atoms with Crippen LogP contribution in [0.2, 0.25) is 0 Å². The van der Waals surface area contributed by atoms with E-state index in [0.717, 1.165) is 39.5 Å². The van der Waals surface area contributed by atoms with Crippen LogP contribution in [-0.2, 0) is 0 Å². The van der Waals surface area contributed by atoms with Crippen LogP contribution in [0.1, 0.15) is 11.1 Å². The van der Waals surface area contributed by atoms with Crippen LogP contribution in [0.25, 0.3) is 22.6 Å². The van der Waals surface area contributed by atoms with E-state index in [-0.39, 0.29) is 0 Å². The first-order valence-corrected chi connectivity index (χ1v) is 8.05. The van der Waals surface area contributed by atoms with Gasteiger partial charge < -0.3 is 18.6 Å². The molecule has 0 N–H and O–H groups in total. The summed E-state index contributed by atoms with van der Waals surface area (Å²) >= 11 is 0. The second kappa shape index (κ2) is 6.93. The lowest BCUT2D eigenvalue weighted by molar-refractivity contribution is 0.355. The summed E-state index contributed by atoms with van der Waals surface area (Å²) in [5.74, 6) is 3.90. The van der Waals surface area contributed by atoms with Crippen LogP contribution < -0.4 is 14.2 Å². The molecule has 0 fully saturated rings. The molecule has 4 nitrogen and oxygen atoms in total. The van der Waals surface area contributed by atoms with Crippen molar-refractivity contribution in [2.75, 3.05) is 21.3 Å². The topological polar surface area (TPSA) is 40.8 Å². The van der Waals surface area contributed by atoms with E-state index in [1.165, 1.54) is 0 Å². The Morgan fingerprint density at radius 1 is 0.640 bits per heavy atom. The predicted molar refractivity (Wildman–Crippen MR) is 98.7 cm³/mol. The van der Waals surface area contributed by atoms with E-state index >= 15 is 0 Å². The zero-order chi connectivity index (χ0) is 18.0. The van der Waals surface area contributed by atoms with Crippen LogP contribution in [0.3, 0.4) is 0 Å². The zero-order valence-corrected chi connectivity index (χ0v) is 15.2. The molecule has 0 aliphatic heterocycles. The molecule has 0 atom stereocenters. The first kappa shape index (κ1) is 17.0. The summed E-state index contributed by atoms with van der Waals surface area (Å²) in [7, 11) is 4.92. The van der Waals surface area contributed by atoms with Gasteiger partial charge in [-0.3, -0.25) is 0 Å². The van der Waals surface area contributed by atoms with Crippen molar-refractivity contribution in [3.8, 4) is 39.9 Å². The van der Waals surface area contributed by atoms with Crippen LogP contribution in [-0.4, -0.2) is 21.3 Å². The van der Waals surface area contributed by atoms with Crippen molar-refractivity contribution >= 4 is 0 Å². The molecule has 0 saturated carbocycles. The Kier molecular flexibility index (Phi) is 4.70. The average molecular weight is 338 g/mol. The summed E-state index contributed by atoms with van der Waals surface area (Å²) in [6.45, 7) is 4.14. The molecular formula is C21H22O4. The Bertz CT molecular complexity index is 876. The molecule has 0 bridgehead atoms. The van der Waals surface area contributed by atoms with Gasteiger partial charge in [-0.2, -0.15) is 0 Å². The molecule has 4 heteroatoms. The highest BCUT2D eigenvalue weighted by Crippen LogP contribution is 2.39. The fourth-order valence-corrected chi connectivity index (χ4v) is 2.87. The van der Waals surface area contributed by atoms with Gasteiger partial charge in [0.25, 0.3) is 0 Å². The van der Waals surface area contributed by atoms with E-state index in [4.69, 9.17) is 18.6 Å². The van der Waals surface area contributed by atoms with E-state index < -0.39 is 0 Å². The molecule has 1 heterocycles. The Morgan fingerprint density at radius 3 is 1.76 bits per heavy atom. The summed E-state index contributed by atoms with van der Waals surface area (Å²) in [4.78, 5) is 0. The molecule has 0 amide bonds. The standard InChI is InChI=1S/C21H22O4/c1-13-14(2)21(16-8-11-18(23-4)19(12-16)24-5)25-20(13)15-6-9-17(22-3)10-7-15/h6-12H,1-5H3. The first-order valence-electron chi connectivity index (χ1n) is 8.05. The average Bonchev–Trinajstić information content (AvgIpc) is 2.96. The summed E-state index contributed by atoms with van der Waals surface area (Å²) in [5, 5.41) is 0. The first-order chi connectivity index (χ1) is 12.1. The normalized spacial score (nSPS) is 10.6. The van der Waals surface area contributed by atoms with Crippen LogP contribution in [0.15, 0.2) is 46.9 Å². The fraction of sp³-hybridized carbons (Fsp3) is 0.238. The van der Waals surface area contributed by atoms with Gasteiger partial charge in [-0.05, 0) is 67.4 Å². The molecule has 3 rings (SSSR count). The van der Waals surface area contributed by atoms with Gasteiger partial charge in [0.1, 0.15) is 17.3 Å². The van der Waals surface area contributed by atoms with E-state index in [9.17, 15) is 0 Å². The predicted octanol–water partition coefficient (Wildman–Crippen LogP) is 5.26. The molecule has 1 aromatic heterocycles. The third-order valence-corrected chi connectivity index (χ3v) is 4.45. The molecule has 3 aromatic rings. The molecule has 0 radical (unpaired) electrons. The highest BCUT2D eigenvalue weighted by Gasteiger charge is 2.18. The zero-order valence-electron chi connectivity index (χ0n) is 15.2. The minimum absolute atomic E-state index is 0.680. The number of ether oxygens (including phenoxy) is 3. The Hall–Kier alpha value is -2.88. The van der Waals surface area contributed by atoms with Gasteiger partial charge in [-0.25, -0.2) is 0 Å². The smallest absolute Gasteiger partial charge is 0.161 e. The maximum Gasteiger partial charge on any atom is 0.161 e. The Labute approximate surface area is 148 Å². The third kappa shape index (κ3) is 3.07. The van der Waals surface area contributed by atoms with Crippen molar-refractivity contribution in [3.05, 3.63) is 53.6 Å². The molecule has 0 spiro atoms. The van der Waals surface area contributed by atoms with Gasteiger partial charge in [-0.15, -0.1) is 0 Å². The Morgan fingerprint density at radius 2 is 1.20 bits per heavy atom. The summed E-state index contributed by atoms with van der Waals surface area (Å²) < 4.78 is 22.2. The van der Waals surface area contributed by atoms with Crippen LogP contribution in [0, 0.1) is 13.8 Å². The van der Waals surface area contributed by atoms with E-state index in [1.807, 2.05) is 42.5 Å². The lowest BCUT2D eigenvalue weighted by atomic mass is 10.0. The van der Waals surface area contributed by atoms with Crippen molar-refractivity contribution in [1.29, 1.82) is 0 Å². The molecule has 0 aliphatic carbocycles. The molecule has 0 saturated heterocycles. The minimum Gasteiger partial charge on any atom is -0.497 e. The van der Waals surface area contributed by atoms with Crippen LogP contribution >= 0.6 is 0 Å². The van der Waals surface area contributed by atoms with Crippen molar-refractivity contribution in [2.45, 2.75) is 13.8 Å². The van der Waals surface area contributed by atoms with Crippen molar-refractivity contribution in [1.82, 2.24) is 0 Å². The monoisotopic (exact) mass is 338 g/mol. The van der Waals surface area contributed by atoms with Gasteiger partial charge in [0.2, 0.25) is 0 Å². The Balaban J connectivity index is 2.06. The number of furan rings is 1. The maximum atomic E-state index is 6.23. The van der Waals surface area contributed by atoms with Gasteiger partial charge >= 0.3 is 0 Å². The van der Waals surface area contributed by atoms with E-state index in [1.54, 1.807) is 21.3 Å².